The Morgan fingerprint density at radius 1 is 1.46 bits per heavy atom. The van der Waals surface area contributed by atoms with E-state index in [-0.39, 0.29) is 5.82 Å². The minimum Gasteiger partial charge on any atom is -0.369 e. The molecule has 0 radical (unpaired) electrons. The van der Waals surface area contributed by atoms with Gasteiger partial charge in [-0.25, -0.2) is 9.38 Å². The largest absolute Gasteiger partial charge is 0.369 e. The van der Waals surface area contributed by atoms with E-state index in [0.29, 0.717) is 17.4 Å². The second-order valence-electron chi connectivity index (χ2n) is 6.06. The molecule has 1 atom stereocenters. The van der Waals surface area contributed by atoms with E-state index in [2.05, 4.69) is 41.0 Å². The Bertz CT molecular complexity index is 733. The molecule has 4 nitrogen and oxygen atoms in total. The molecule has 1 aromatic rings. The van der Waals surface area contributed by atoms with Crippen LogP contribution in [0.15, 0.2) is 59.5 Å². The van der Waals surface area contributed by atoms with Crippen LogP contribution in [0.4, 0.5) is 4.39 Å². The zero-order valence-corrected chi connectivity index (χ0v) is 14.1. The number of nitrogens with zero attached hydrogens (tertiary/aromatic N) is 2. The van der Waals surface area contributed by atoms with Gasteiger partial charge in [-0.1, -0.05) is 24.8 Å². The van der Waals surface area contributed by atoms with Gasteiger partial charge in [0.05, 0.1) is 0 Å². The van der Waals surface area contributed by atoms with Crippen LogP contribution >= 0.6 is 0 Å². The minimum absolute atomic E-state index is 0.238. The van der Waals surface area contributed by atoms with Crippen molar-refractivity contribution in [1.82, 2.24) is 15.5 Å². The quantitative estimate of drug-likeness (QED) is 0.897. The predicted octanol–water partition coefficient (Wildman–Crippen LogP) is 2.88. The van der Waals surface area contributed by atoms with Crippen molar-refractivity contribution in [3.05, 3.63) is 65.9 Å². The first-order valence-electron chi connectivity index (χ1n) is 8.22. The van der Waals surface area contributed by atoms with Gasteiger partial charge in [-0.05, 0) is 26.1 Å². The van der Waals surface area contributed by atoms with Gasteiger partial charge in [0, 0.05) is 54.3 Å². The summed E-state index contributed by atoms with van der Waals surface area (Å²) in [6.07, 6.45) is 3.33. The van der Waals surface area contributed by atoms with Crippen LogP contribution in [0.5, 0.6) is 0 Å². The number of piperazine rings is 1. The molecule has 0 amide bonds. The highest BCUT2D eigenvalue weighted by molar-refractivity contribution is 6.16. The molecule has 0 saturated carbocycles. The summed E-state index contributed by atoms with van der Waals surface area (Å²) < 4.78 is 14.3. The summed E-state index contributed by atoms with van der Waals surface area (Å²) in [7, 11) is 0. The highest BCUT2D eigenvalue weighted by atomic mass is 19.1. The van der Waals surface area contributed by atoms with E-state index in [1.807, 2.05) is 6.07 Å². The van der Waals surface area contributed by atoms with Gasteiger partial charge in [0.2, 0.25) is 0 Å². The summed E-state index contributed by atoms with van der Waals surface area (Å²) in [6.45, 7) is 10.8. The molecule has 2 N–H and O–H groups in total. The van der Waals surface area contributed by atoms with Crippen molar-refractivity contribution >= 4 is 11.4 Å². The summed E-state index contributed by atoms with van der Waals surface area (Å²) >= 11 is 0. The van der Waals surface area contributed by atoms with Crippen molar-refractivity contribution in [3.8, 4) is 0 Å². The summed E-state index contributed by atoms with van der Waals surface area (Å²) in [6, 6.07) is 7.20. The monoisotopic (exact) mass is 326 g/mol. The highest BCUT2D eigenvalue weighted by Gasteiger charge is 2.27. The van der Waals surface area contributed by atoms with E-state index in [0.717, 1.165) is 36.5 Å². The van der Waals surface area contributed by atoms with Gasteiger partial charge in [-0.3, -0.25) is 0 Å². The maximum atomic E-state index is 14.3. The SMILES string of the molecule is C=CNC1=NC=C(c2ccccc2F)/C1=C(/C)N1CCNCC1C. The molecule has 5 heteroatoms. The van der Waals surface area contributed by atoms with E-state index >= 15 is 0 Å². The maximum Gasteiger partial charge on any atom is 0.139 e. The van der Waals surface area contributed by atoms with Crippen molar-refractivity contribution in [2.75, 3.05) is 19.6 Å². The zero-order chi connectivity index (χ0) is 17.1. The Morgan fingerprint density at radius 2 is 2.25 bits per heavy atom. The molecule has 0 aromatic heterocycles. The Morgan fingerprint density at radius 3 is 2.96 bits per heavy atom. The number of halogens is 1. The van der Waals surface area contributed by atoms with Crippen LogP contribution in [0.2, 0.25) is 0 Å². The number of allylic oxidation sites excluding steroid dienone is 1. The number of nitrogens with one attached hydrogen (secondary N) is 2. The lowest BCUT2D eigenvalue weighted by molar-refractivity contribution is 0.223. The number of benzene rings is 1. The first-order chi connectivity index (χ1) is 11.6. The Kier molecular flexibility index (Phi) is 4.81. The van der Waals surface area contributed by atoms with Gasteiger partial charge >= 0.3 is 0 Å². The van der Waals surface area contributed by atoms with Gasteiger partial charge in [-0.2, -0.15) is 0 Å². The molecule has 2 heterocycles. The molecule has 0 bridgehead atoms. The third-order valence-corrected chi connectivity index (χ3v) is 4.53. The van der Waals surface area contributed by atoms with Crippen LogP contribution in [0.3, 0.4) is 0 Å². The number of hydrogen-bond acceptors (Lipinski definition) is 4. The van der Waals surface area contributed by atoms with Crippen LogP contribution in [0, 0.1) is 5.82 Å². The summed E-state index contributed by atoms with van der Waals surface area (Å²) in [5.74, 6) is 0.476. The molecule has 2 aliphatic rings. The lowest BCUT2D eigenvalue weighted by atomic mass is 9.96. The third-order valence-electron chi connectivity index (χ3n) is 4.53. The highest BCUT2D eigenvalue weighted by Crippen LogP contribution is 2.33. The van der Waals surface area contributed by atoms with E-state index < -0.39 is 0 Å². The number of hydrogen-bond donors (Lipinski definition) is 2. The molecule has 0 aliphatic carbocycles. The summed E-state index contributed by atoms with van der Waals surface area (Å²) in [4.78, 5) is 6.81. The van der Waals surface area contributed by atoms with Crippen molar-refractivity contribution in [2.24, 2.45) is 4.99 Å². The fourth-order valence-electron chi connectivity index (χ4n) is 3.32. The molecule has 24 heavy (non-hydrogen) atoms. The third kappa shape index (κ3) is 2.99. The van der Waals surface area contributed by atoms with Crippen LogP contribution in [-0.2, 0) is 0 Å². The van der Waals surface area contributed by atoms with Gasteiger partial charge in [-0.15, -0.1) is 0 Å². The summed E-state index contributed by atoms with van der Waals surface area (Å²) in [5.41, 5.74) is 3.41. The Labute approximate surface area is 142 Å². The van der Waals surface area contributed by atoms with Gasteiger partial charge < -0.3 is 15.5 Å². The fraction of sp³-hybridized carbons (Fsp3) is 0.316. The van der Waals surface area contributed by atoms with E-state index in [4.69, 9.17) is 0 Å². The molecular formula is C19H23FN4. The molecule has 1 unspecified atom stereocenters. The molecule has 2 aliphatic heterocycles. The molecule has 1 fully saturated rings. The van der Waals surface area contributed by atoms with E-state index in [1.54, 1.807) is 24.5 Å². The van der Waals surface area contributed by atoms with E-state index in [9.17, 15) is 4.39 Å². The minimum atomic E-state index is -0.238. The Balaban J connectivity index is 2.06. The molecule has 1 saturated heterocycles. The van der Waals surface area contributed by atoms with Gasteiger partial charge in [0.25, 0.3) is 0 Å². The second kappa shape index (κ2) is 7.01. The Hall–Kier alpha value is -2.40. The normalized spacial score (nSPS) is 22.8. The number of rotatable bonds is 3. The number of aliphatic imine (C=N–C) groups is 1. The smallest absolute Gasteiger partial charge is 0.139 e. The number of amidine groups is 1. The predicted molar refractivity (Wildman–Crippen MR) is 96.9 cm³/mol. The van der Waals surface area contributed by atoms with Crippen molar-refractivity contribution in [3.63, 3.8) is 0 Å². The van der Waals surface area contributed by atoms with Crippen molar-refractivity contribution in [1.29, 1.82) is 0 Å². The second-order valence-corrected chi connectivity index (χ2v) is 6.06. The average molecular weight is 326 g/mol. The molecule has 0 spiro atoms. The average Bonchev–Trinajstić information content (AvgIpc) is 2.99. The first kappa shape index (κ1) is 16.5. The van der Waals surface area contributed by atoms with Crippen LogP contribution in [-0.4, -0.2) is 36.4 Å². The molecule has 1 aromatic carbocycles. The lowest BCUT2D eigenvalue weighted by Gasteiger charge is -2.37. The van der Waals surface area contributed by atoms with Crippen LogP contribution in [0.25, 0.3) is 5.57 Å². The van der Waals surface area contributed by atoms with E-state index in [1.165, 1.54) is 6.07 Å². The topological polar surface area (TPSA) is 39.7 Å². The van der Waals surface area contributed by atoms with Crippen molar-refractivity contribution in [2.45, 2.75) is 19.9 Å². The molecular weight excluding hydrogens is 303 g/mol. The van der Waals surface area contributed by atoms with Crippen molar-refractivity contribution < 1.29 is 4.39 Å². The maximum absolute atomic E-state index is 14.3. The van der Waals surface area contributed by atoms with Gasteiger partial charge in [0.15, 0.2) is 0 Å². The lowest BCUT2D eigenvalue weighted by Crippen LogP contribution is -2.49. The fourth-order valence-corrected chi connectivity index (χ4v) is 3.32. The first-order valence-corrected chi connectivity index (χ1v) is 8.22. The standard InChI is InChI=1S/C19H23FN4/c1-4-22-19-18(14(3)24-10-9-21-11-13(24)2)16(12-23-19)15-7-5-6-8-17(15)20/h4-8,12-13,21H,1,9-11H2,2-3H3,(H,22,23)/b18-14+. The van der Waals surface area contributed by atoms with Gasteiger partial charge in [0.1, 0.15) is 11.7 Å². The zero-order valence-electron chi connectivity index (χ0n) is 14.1. The van der Waals surface area contributed by atoms with Crippen LogP contribution < -0.4 is 10.6 Å². The molecule has 126 valence electrons. The molecule has 3 rings (SSSR count). The summed E-state index contributed by atoms with van der Waals surface area (Å²) in [5, 5.41) is 6.49. The van der Waals surface area contributed by atoms with Crippen LogP contribution in [0.1, 0.15) is 19.4 Å².